The van der Waals surface area contributed by atoms with Gasteiger partial charge in [0.25, 0.3) is 0 Å². The van der Waals surface area contributed by atoms with Crippen LogP contribution in [0.5, 0.6) is 0 Å². The normalized spacial score (nSPS) is 52.4. The van der Waals surface area contributed by atoms with Crippen molar-refractivity contribution in [3.8, 4) is 0 Å². The Morgan fingerprint density at radius 1 is 1.26 bits per heavy atom. The average molecular weight is 320 g/mol. The summed E-state index contributed by atoms with van der Waals surface area (Å²) in [6.07, 6.45) is 6.95. The van der Waals surface area contributed by atoms with Crippen LogP contribution in [-0.4, -0.2) is 39.4 Å². The summed E-state index contributed by atoms with van der Waals surface area (Å²) in [6, 6.07) is 0. The van der Waals surface area contributed by atoms with E-state index in [-0.39, 0.29) is 18.3 Å². The third-order valence-electron chi connectivity index (χ3n) is 7.86. The SMILES string of the molecule is C[C@]12C[C@H](O)[C@H]3[C@@H](CCC4=CC(=O)CC[C@@H]43)[C@@H]1CC[C@@]2(O)CO. The zero-order valence-electron chi connectivity index (χ0n) is 13.9. The minimum atomic E-state index is -1.05. The lowest BCUT2D eigenvalue weighted by Gasteiger charge is -2.57. The number of ketones is 1. The van der Waals surface area contributed by atoms with Crippen LogP contribution in [0.4, 0.5) is 0 Å². The van der Waals surface area contributed by atoms with E-state index < -0.39 is 17.1 Å². The first-order valence-corrected chi connectivity index (χ1v) is 9.14. The molecule has 0 unspecified atom stereocenters. The van der Waals surface area contributed by atoms with E-state index in [4.69, 9.17) is 0 Å². The molecule has 23 heavy (non-hydrogen) atoms. The molecular weight excluding hydrogens is 292 g/mol. The summed E-state index contributed by atoms with van der Waals surface area (Å²) in [6.45, 7) is 1.85. The Labute approximate surface area is 137 Å². The van der Waals surface area contributed by atoms with Crippen LogP contribution >= 0.6 is 0 Å². The number of rotatable bonds is 1. The van der Waals surface area contributed by atoms with Gasteiger partial charge < -0.3 is 15.3 Å². The smallest absolute Gasteiger partial charge is 0.155 e. The predicted molar refractivity (Wildman–Crippen MR) is 85.5 cm³/mol. The maximum Gasteiger partial charge on any atom is 0.155 e. The number of aliphatic hydroxyl groups is 3. The fourth-order valence-corrected chi connectivity index (χ4v) is 6.62. The number of aliphatic hydroxyl groups excluding tert-OH is 2. The molecule has 0 aromatic rings. The van der Waals surface area contributed by atoms with Gasteiger partial charge in [-0.3, -0.25) is 4.79 Å². The van der Waals surface area contributed by atoms with Crippen LogP contribution in [0.2, 0.25) is 0 Å². The Morgan fingerprint density at radius 2 is 2.04 bits per heavy atom. The van der Waals surface area contributed by atoms with Gasteiger partial charge in [-0.05, 0) is 68.3 Å². The summed E-state index contributed by atoms with van der Waals surface area (Å²) in [5.41, 5.74) is -0.198. The van der Waals surface area contributed by atoms with E-state index in [1.165, 1.54) is 5.57 Å². The van der Waals surface area contributed by atoms with Gasteiger partial charge in [-0.1, -0.05) is 12.5 Å². The van der Waals surface area contributed by atoms with Gasteiger partial charge in [0.05, 0.1) is 18.3 Å². The molecule has 0 spiro atoms. The first-order chi connectivity index (χ1) is 10.9. The minimum Gasteiger partial charge on any atom is -0.393 e. The molecule has 4 nitrogen and oxygen atoms in total. The third kappa shape index (κ3) is 2.04. The van der Waals surface area contributed by atoms with Crippen molar-refractivity contribution in [1.29, 1.82) is 0 Å². The van der Waals surface area contributed by atoms with Crippen molar-refractivity contribution in [2.45, 2.75) is 63.6 Å². The Balaban J connectivity index is 1.69. The van der Waals surface area contributed by atoms with E-state index in [1.807, 2.05) is 6.08 Å². The summed E-state index contributed by atoms with van der Waals surface area (Å²) in [7, 11) is 0. The second kappa shape index (κ2) is 5.14. The number of allylic oxidation sites excluding steroid dienone is 1. The first-order valence-electron chi connectivity index (χ1n) is 9.14. The molecule has 0 radical (unpaired) electrons. The number of carbonyl (C=O) groups is 1. The molecule has 128 valence electrons. The summed E-state index contributed by atoms with van der Waals surface area (Å²) >= 11 is 0. The number of hydrogen-bond donors (Lipinski definition) is 3. The largest absolute Gasteiger partial charge is 0.393 e. The van der Waals surface area contributed by atoms with Crippen LogP contribution in [0.3, 0.4) is 0 Å². The molecule has 4 heteroatoms. The zero-order valence-corrected chi connectivity index (χ0v) is 13.9. The number of carbonyl (C=O) groups excluding carboxylic acids is 1. The average Bonchev–Trinajstić information content (AvgIpc) is 2.78. The zero-order chi connectivity index (χ0) is 16.4. The van der Waals surface area contributed by atoms with Crippen molar-refractivity contribution in [3.63, 3.8) is 0 Å². The maximum absolute atomic E-state index is 11.7. The van der Waals surface area contributed by atoms with Gasteiger partial charge in [-0.15, -0.1) is 0 Å². The quantitative estimate of drug-likeness (QED) is 0.689. The molecule has 3 fully saturated rings. The molecule has 0 aliphatic heterocycles. The van der Waals surface area contributed by atoms with Crippen LogP contribution in [-0.2, 0) is 4.79 Å². The molecule has 3 saturated carbocycles. The van der Waals surface area contributed by atoms with E-state index >= 15 is 0 Å². The van der Waals surface area contributed by atoms with Gasteiger partial charge in [0, 0.05) is 11.8 Å². The highest BCUT2D eigenvalue weighted by molar-refractivity contribution is 5.91. The molecule has 0 amide bonds. The molecule has 0 saturated heterocycles. The fourth-order valence-electron chi connectivity index (χ4n) is 6.62. The lowest BCUT2D eigenvalue weighted by Crippen LogP contribution is -2.58. The van der Waals surface area contributed by atoms with Gasteiger partial charge in [-0.2, -0.15) is 0 Å². The summed E-state index contributed by atoms with van der Waals surface area (Å²) in [5, 5.41) is 31.6. The van der Waals surface area contributed by atoms with Crippen LogP contribution in [0, 0.1) is 29.1 Å². The summed E-state index contributed by atoms with van der Waals surface area (Å²) < 4.78 is 0. The van der Waals surface area contributed by atoms with Crippen molar-refractivity contribution in [1.82, 2.24) is 0 Å². The van der Waals surface area contributed by atoms with Gasteiger partial charge in [0.2, 0.25) is 0 Å². The van der Waals surface area contributed by atoms with Crippen molar-refractivity contribution in [2.24, 2.45) is 29.1 Å². The predicted octanol–water partition coefficient (Wildman–Crippen LogP) is 1.82. The molecule has 7 atom stereocenters. The molecule has 0 aromatic heterocycles. The highest BCUT2D eigenvalue weighted by atomic mass is 16.3. The topological polar surface area (TPSA) is 77.8 Å². The maximum atomic E-state index is 11.7. The van der Waals surface area contributed by atoms with E-state index in [0.29, 0.717) is 37.0 Å². The van der Waals surface area contributed by atoms with E-state index in [0.717, 1.165) is 25.7 Å². The van der Waals surface area contributed by atoms with Gasteiger partial charge in [0.15, 0.2) is 5.78 Å². The number of hydrogen-bond acceptors (Lipinski definition) is 4. The van der Waals surface area contributed by atoms with Gasteiger partial charge >= 0.3 is 0 Å². The Hall–Kier alpha value is -0.710. The molecule has 4 aliphatic rings. The number of fused-ring (bicyclic) bond motifs is 5. The molecule has 4 aliphatic carbocycles. The third-order valence-corrected chi connectivity index (χ3v) is 7.86. The van der Waals surface area contributed by atoms with Crippen LogP contribution in [0.15, 0.2) is 11.6 Å². The van der Waals surface area contributed by atoms with Crippen LogP contribution in [0.25, 0.3) is 0 Å². The fraction of sp³-hybridized carbons (Fsp3) is 0.842. The molecule has 0 heterocycles. The molecule has 0 aromatic carbocycles. The summed E-state index contributed by atoms with van der Waals surface area (Å²) in [4.78, 5) is 11.7. The minimum absolute atomic E-state index is 0.215. The van der Waals surface area contributed by atoms with Crippen molar-refractivity contribution in [2.75, 3.05) is 6.61 Å². The van der Waals surface area contributed by atoms with E-state index in [2.05, 4.69) is 6.92 Å². The summed E-state index contributed by atoms with van der Waals surface area (Å²) in [5.74, 6) is 1.57. The lowest BCUT2D eigenvalue weighted by atomic mass is 9.49. The van der Waals surface area contributed by atoms with Crippen molar-refractivity contribution in [3.05, 3.63) is 11.6 Å². The monoisotopic (exact) mass is 320 g/mol. The second-order valence-corrected chi connectivity index (χ2v) is 8.63. The standard InChI is InChI=1S/C19H28O4/c1-18-9-16(22)17-13-5-3-12(21)8-11(13)2-4-14(17)15(18)6-7-19(18,23)10-20/h8,13-17,20,22-23H,2-7,9-10H2,1H3/t13-,14-,15-,16-,17+,18-,19+/m0/s1. The van der Waals surface area contributed by atoms with Crippen LogP contribution < -0.4 is 0 Å². The van der Waals surface area contributed by atoms with Gasteiger partial charge in [-0.25, -0.2) is 0 Å². The second-order valence-electron chi connectivity index (χ2n) is 8.63. The van der Waals surface area contributed by atoms with Gasteiger partial charge in [0.1, 0.15) is 0 Å². The Kier molecular flexibility index (Phi) is 3.53. The molecule has 4 rings (SSSR count). The molecule has 0 bridgehead atoms. The highest BCUT2D eigenvalue weighted by Crippen LogP contribution is 2.64. The Bertz CT molecular complexity index is 556. The molecular formula is C19H28O4. The lowest BCUT2D eigenvalue weighted by molar-refractivity contribution is -0.171. The van der Waals surface area contributed by atoms with E-state index in [1.54, 1.807) is 0 Å². The Morgan fingerprint density at radius 3 is 2.78 bits per heavy atom. The van der Waals surface area contributed by atoms with Crippen LogP contribution in [0.1, 0.15) is 51.9 Å². The first kappa shape index (κ1) is 15.8. The molecule has 3 N–H and O–H groups in total. The van der Waals surface area contributed by atoms with E-state index in [9.17, 15) is 20.1 Å². The van der Waals surface area contributed by atoms with Crippen molar-refractivity contribution >= 4 is 5.78 Å². The highest BCUT2D eigenvalue weighted by Gasteiger charge is 2.64. The van der Waals surface area contributed by atoms with Crippen molar-refractivity contribution < 1.29 is 20.1 Å².